The number of amidine groups is 1. The molecule has 0 atom stereocenters. The quantitative estimate of drug-likeness (QED) is 0.892. The molecule has 0 amide bonds. The fourth-order valence-corrected chi connectivity index (χ4v) is 2.91. The van der Waals surface area contributed by atoms with Gasteiger partial charge in [0.05, 0.1) is 11.4 Å². The molecule has 4 nitrogen and oxygen atoms in total. The van der Waals surface area contributed by atoms with Crippen molar-refractivity contribution in [3.05, 3.63) is 58.8 Å². The lowest BCUT2D eigenvalue weighted by Gasteiger charge is -2.19. The molecule has 1 aliphatic heterocycles. The zero-order valence-electron chi connectivity index (χ0n) is 12.3. The maximum atomic E-state index is 4.55. The van der Waals surface area contributed by atoms with Crippen molar-refractivity contribution < 1.29 is 0 Å². The molecule has 0 saturated heterocycles. The van der Waals surface area contributed by atoms with Gasteiger partial charge in [0.25, 0.3) is 0 Å². The molecule has 0 radical (unpaired) electrons. The number of aryl methyl sites for hydroxylation is 1. The van der Waals surface area contributed by atoms with Crippen LogP contribution < -0.4 is 10.9 Å². The summed E-state index contributed by atoms with van der Waals surface area (Å²) in [6, 6.07) is 12.1. The molecule has 1 aromatic heterocycles. The van der Waals surface area contributed by atoms with Crippen molar-refractivity contribution in [1.82, 2.24) is 15.4 Å². The molecule has 108 valence electrons. The number of aliphatic imine (C=N–C) groups is 1. The van der Waals surface area contributed by atoms with Gasteiger partial charge in [0.2, 0.25) is 0 Å². The highest BCUT2D eigenvalue weighted by atomic mass is 32.2. The lowest BCUT2D eigenvalue weighted by atomic mass is 10.2. The molecule has 2 aromatic rings. The van der Waals surface area contributed by atoms with Gasteiger partial charge in [-0.3, -0.25) is 10.9 Å². The molecule has 0 saturated carbocycles. The van der Waals surface area contributed by atoms with Crippen molar-refractivity contribution in [3.8, 4) is 0 Å². The molecule has 2 N–H and O–H groups in total. The van der Waals surface area contributed by atoms with Crippen molar-refractivity contribution in [2.45, 2.75) is 13.8 Å². The summed E-state index contributed by atoms with van der Waals surface area (Å²) in [7, 11) is 2.08. The Morgan fingerprint density at radius 1 is 1.10 bits per heavy atom. The second kappa shape index (κ2) is 5.69. The third-order valence-corrected chi connectivity index (χ3v) is 4.41. The first-order valence-corrected chi connectivity index (χ1v) is 7.69. The lowest BCUT2D eigenvalue weighted by Crippen LogP contribution is -2.36. The first kappa shape index (κ1) is 13.8. The van der Waals surface area contributed by atoms with Gasteiger partial charge in [0, 0.05) is 29.4 Å². The number of para-hydroxylation sites is 1. The molecular formula is C16H18N4S. The number of hydrogen-bond donors (Lipinski definition) is 2. The minimum absolute atomic E-state index is 0.843. The zero-order valence-corrected chi connectivity index (χ0v) is 13.2. The number of thioether (sulfide) groups is 1. The van der Waals surface area contributed by atoms with Crippen LogP contribution in [-0.4, -0.2) is 9.73 Å². The monoisotopic (exact) mass is 298 g/mol. The standard InChI is InChI=1S/C16H18N4S/c1-11-9-14(12(2)20(11)3)15-10-21-16(19-18-15)17-13-7-5-4-6-8-13/h4-10,18H,1-3H3,(H,17,19). The predicted molar refractivity (Wildman–Crippen MR) is 90.3 cm³/mol. The fraction of sp³-hybridized carbons (Fsp3) is 0.188. The van der Waals surface area contributed by atoms with Crippen molar-refractivity contribution in [1.29, 1.82) is 0 Å². The summed E-state index contributed by atoms with van der Waals surface area (Å²) in [5, 5.41) is 2.94. The first-order valence-electron chi connectivity index (χ1n) is 6.81. The Kier molecular flexibility index (Phi) is 3.75. The summed E-state index contributed by atoms with van der Waals surface area (Å²) >= 11 is 1.59. The molecule has 0 aliphatic carbocycles. The van der Waals surface area contributed by atoms with Crippen LogP contribution in [0.2, 0.25) is 0 Å². The molecule has 3 rings (SSSR count). The molecule has 2 heterocycles. The lowest BCUT2D eigenvalue weighted by molar-refractivity contribution is 0.828. The van der Waals surface area contributed by atoms with E-state index in [0.717, 1.165) is 16.6 Å². The largest absolute Gasteiger partial charge is 0.351 e. The van der Waals surface area contributed by atoms with E-state index in [-0.39, 0.29) is 0 Å². The van der Waals surface area contributed by atoms with Crippen LogP contribution in [-0.2, 0) is 7.05 Å². The highest BCUT2D eigenvalue weighted by molar-refractivity contribution is 8.16. The highest BCUT2D eigenvalue weighted by Crippen LogP contribution is 2.25. The van der Waals surface area contributed by atoms with Crippen LogP contribution in [0.3, 0.4) is 0 Å². The van der Waals surface area contributed by atoms with E-state index in [2.05, 4.69) is 52.8 Å². The summed E-state index contributed by atoms with van der Waals surface area (Å²) in [4.78, 5) is 4.55. The Bertz CT molecular complexity index is 713. The molecule has 0 unspecified atom stereocenters. The van der Waals surface area contributed by atoms with Gasteiger partial charge in [-0.15, -0.1) is 0 Å². The van der Waals surface area contributed by atoms with Crippen LogP contribution in [0.15, 0.2) is 46.8 Å². The average Bonchev–Trinajstić information content (AvgIpc) is 2.77. The van der Waals surface area contributed by atoms with Crippen molar-refractivity contribution in [2.75, 3.05) is 0 Å². The van der Waals surface area contributed by atoms with Gasteiger partial charge in [-0.25, -0.2) is 4.99 Å². The number of aromatic nitrogens is 1. The Morgan fingerprint density at radius 2 is 1.86 bits per heavy atom. The van der Waals surface area contributed by atoms with Crippen molar-refractivity contribution in [2.24, 2.45) is 12.0 Å². The van der Waals surface area contributed by atoms with Gasteiger partial charge in [0.15, 0.2) is 5.17 Å². The molecule has 0 fully saturated rings. The van der Waals surface area contributed by atoms with Gasteiger partial charge in [0.1, 0.15) is 0 Å². The van der Waals surface area contributed by atoms with Crippen LogP contribution in [0.5, 0.6) is 0 Å². The number of rotatable bonds is 2. The van der Waals surface area contributed by atoms with Gasteiger partial charge < -0.3 is 4.57 Å². The second-order valence-corrected chi connectivity index (χ2v) is 5.85. The Balaban J connectivity index is 1.81. The number of nitrogens with one attached hydrogen (secondary N) is 2. The summed E-state index contributed by atoms with van der Waals surface area (Å²) in [6.45, 7) is 4.24. The Morgan fingerprint density at radius 3 is 2.43 bits per heavy atom. The van der Waals surface area contributed by atoms with E-state index in [9.17, 15) is 0 Å². The van der Waals surface area contributed by atoms with E-state index in [1.165, 1.54) is 17.0 Å². The zero-order chi connectivity index (χ0) is 14.8. The maximum Gasteiger partial charge on any atom is 0.184 e. The Labute approximate surface area is 128 Å². The van der Waals surface area contributed by atoms with Gasteiger partial charge in [-0.2, -0.15) is 0 Å². The minimum Gasteiger partial charge on any atom is -0.351 e. The van der Waals surface area contributed by atoms with E-state index in [0.29, 0.717) is 0 Å². The van der Waals surface area contributed by atoms with Gasteiger partial charge in [-0.05, 0) is 32.0 Å². The molecule has 21 heavy (non-hydrogen) atoms. The van der Waals surface area contributed by atoms with E-state index >= 15 is 0 Å². The highest BCUT2D eigenvalue weighted by Gasteiger charge is 2.15. The smallest absolute Gasteiger partial charge is 0.184 e. The molecule has 1 aliphatic rings. The molecular weight excluding hydrogens is 280 g/mol. The molecule has 0 spiro atoms. The normalized spacial score (nSPS) is 16.3. The number of benzene rings is 1. The number of hydrazine groups is 1. The second-order valence-electron chi connectivity index (χ2n) is 5.00. The average molecular weight is 298 g/mol. The van der Waals surface area contributed by atoms with E-state index in [1.807, 2.05) is 30.3 Å². The third kappa shape index (κ3) is 2.83. The van der Waals surface area contributed by atoms with Crippen molar-refractivity contribution >= 4 is 28.3 Å². The first-order chi connectivity index (χ1) is 10.1. The Hall–Kier alpha value is -2.14. The predicted octanol–water partition coefficient (Wildman–Crippen LogP) is 3.47. The van der Waals surface area contributed by atoms with E-state index in [4.69, 9.17) is 0 Å². The summed E-state index contributed by atoms with van der Waals surface area (Å²) in [5.74, 6) is 0. The van der Waals surface area contributed by atoms with Crippen molar-refractivity contribution in [3.63, 3.8) is 0 Å². The minimum atomic E-state index is 0.843. The van der Waals surface area contributed by atoms with Crippen LogP contribution in [0, 0.1) is 13.8 Å². The number of hydrogen-bond acceptors (Lipinski definition) is 3. The summed E-state index contributed by atoms with van der Waals surface area (Å²) < 4.78 is 2.19. The fourth-order valence-electron chi connectivity index (χ4n) is 2.23. The maximum absolute atomic E-state index is 4.55. The topological polar surface area (TPSA) is 41.4 Å². The SMILES string of the molecule is Cc1cc(C2=CSC(=Nc3ccccc3)NN2)c(C)n1C. The summed E-state index contributed by atoms with van der Waals surface area (Å²) in [6.07, 6.45) is 0. The van der Waals surface area contributed by atoms with Crippen LogP contribution in [0.25, 0.3) is 5.70 Å². The van der Waals surface area contributed by atoms with E-state index < -0.39 is 0 Å². The van der Waals surface area contributed by atoms with Crippen LogP contribution in [0.1, 0.15) is 17.0 Å². The summed E-state index contributed by atoms with van der Waals surface area (Å²) in [5.41, 5.74) is 12.1. The third-order valence-electron chi connectivity index (χ3n) is 3.64. The molecule has 5 heteroatoms. The van der Waals surface area contributed by atoms with Gasteiger partial charge in [-0.1, -0.05) is 30.0 Å². The van der Waals surface area contributed by atoms with Gasteiger partial charge >= 0.3 is 0 Å². The van der Waals surface area contributed by atoms with Crippen LogP contribution >= 0.6 is 11.8 Å². The van der Waals surface area contributed by atoms with E-state index in [1.54, 1.807) is 11.8 Å². The number of nitrogens with zero attached hydrogens (tertiary/aromatic N) is 2. The van der Waals surface area contributed by atoms with Crippen LogP contribution in [0.4, 0.5) is 5.69 Å². The molecule has 0 bridgehead atoms. The molecule has 1 aromatic carbocycles.